The van der Waals surface area contributed by atoms with Gasteiger partial charge < -0.3 is 20.7 Å². The van der Waals surface area contributed by atoms with Gasteiger partial charge in [-0.05, 0) is 67.2 Å². The molecule has 0 atom stereocenters. The molecule has 2 aromatic carbocycles. The van der Waals surface area contributed by atoms with E-state index in [1.807, 2.05) is 6.92 Å². The van der Waals surface area contributed by atoms with Crippen molar-refractivity contribution in [3.8, 4) is 11.5 Å². The molecule has 1 aromatic heterocycles. The first-order valence-electron chi connectivity index (χ1n) is 11.2. The number of rotatable bonds is 8. The summed E-state index contributed by atoms with van der Waals surface area (Å²) in [4.78, 5) is 16.2. The number of nitrogens with zero attached hydrogens (tertiary/aromatic N) is 1. The van der Waals surface area contributed by atoms with E-state index in [4.69, 9.17) is 17.0 Å². The average molecular weight is 557 g/mol. The van der Waals surface area contributed by atoms with E-state index < -0.39 is 29.2 Å². The Hall–Kier alpha value is -3.87. The molecule has 1 amide bonds. The number of hydrogen-bond donors (Lipinski definition) is 3. The van der Waals surface area contributed by atoms with E-state index in [9.17, 15) is 31.1 Å². The summed E-state index contributed by atoms with van der Waals surface area (Å²) in [6.07, 6.45) is -6.74. The Morgan fingerprint density at radius 3 is 2.05 bits per heavy atom. The second kappa shape index (κ2) is 12.1. The first kappa shape index (κ1) is 28.7. The number of benzene rings is 2. The van der Waals surface area contributed by atoms with Gasteiger partial charge in [0.05, 0.1) is 11.1 Å². The average Bonchev–Trinajstić information content (AvgIpc) is 2.84. The summed E-state index contributed by atoms with van der Waals surface area (Å²) in [7, 11) is 0. The summed E-state index contributed by atoms with van der Waals surface area (Å²) in [6.45, 7) is 2.54. The summed E-state index contributed by atoms with van der Waals surface area (Å²) in [5.41, 5.74) is -2.81. The minimum absolute atomic E-state index is 0.0328. The maximum Gasteiger partial charge on any atom is 0.416 e. The Morgan fingerprint density at radius 2 is 1.47 bits per heavy atom. The molecular formula is C25H22F6N4O2S. The molecule has 0 fully saturated rings. The van der Waals surface area contributed by atoms with E-state index >= 15 is 0 Å². The Bertz CT molecular complexity index is 1250. The number of unbranched alkanes of at least 4 members (excludes halogenated alkanes) is 1. The number of hydrogen-bond acceptors (Lipinski definition) is 4. The Labute approximate surface area is 219 Å². The van der Waals surface area contributed by atoms with Crippen molar-refractivity contribution in [1.29, 1.82) is 0 Å². The summed E-state index contributed by atoms with van der Waals surface area (Å²) in [5.74, 6) is 0.432. The largest absolute Gasteiger partial charge is 0.457 e. The Morgan fingerprint density at radius 1 is 0.868 bits per heavy atom. The van der Waals surface area contributed by atoms with Crippen molar-refractivity contribution in [3.63, 3.8) is 0 Å². The number of anilines is 2. The van der Waals surface area contributed by atoms with Gasteiger partial charge in [0, 0.05) is 30.2 Å². The molecule has 3 aromatic rings. The molecule has 3 N–H and O–H groups in total. The van der Waals surface area contributed by atoms with Gasteiger partial charge in [0.1, 0.15) is 17.2 Å². The highest BCUT2D eigenvalue weighted by Crippen LogP contribution is 2.37. The number of carbonyl (C=O) groups is 1. The fraction of sp³-hybridized carbons (Fsp3) is 0.240. The quantitative estimate of drug-likeness (QED) is 0.154. The van der Waals surface area contributed by atoms with Crippen LogP contribution in [0.15, 0.2) is 60.8 Å². The van der Waals surface area contributed by atoms with Crippen LogP contribution >= 0.6 is 12.2 Å². The molecule has 0 aliphatic rings. The van der Waals surface area contributed by atoms with Gasteiger partial charge in [0.25, 0.3) is 5.91 Å². The van der Waals surface area contributed by atoms with Crippen LogP contribution in [0.3, 0.4) is 0 Å². The summed E-state index contributed by atoms with van der Waals surface area (Å²) in [6, 6.07) is 10.3. The smallest absolute Gasteiger partial charge is 0.416 e. The predicted molar refractivity (Wildman–Crippen MR) is 134 cm³/mol. The number of halogens is 6. The number of alkyl halides is 6. The second-order valence-electron chi connectivity index (χ2n) is 7.99. The second-order valence-corrected chi connectivity index (χ2v) is 8.39. The van der Waals surface area contributed by atoms with Crippen molar-refractivity contribution in [2.45, 2.75) is 32.1 Å². The van der Waals surface area contributed by atoms with Gasteiger partial charge in [0.15, 0.2) is 5.11 Å². The number of carbonyl (C=O) groups excluding carboxylic acids is 1. The molecule has 0 aliphatic carbocycles. The van der Waals surface area contributed by atoms with Gasteiger partial charge in [0.2, 0.25) is 0 Å². The van der Waals surface area contributed by atoms with Crippen LogP contribution in [0.4, 0.5) is 37.7 Å². The lowest BCUT2D eigenvalue weighted by Gasteiger charge is -2.16. The topological polar surface area (TPSA) is 75.3 Å². The van der Waals surface area contributed by atoms with Gasteiger partial charge in [-0.15, -0.1) is 0 Å². The molecule has 0 aliphatic heterocycles. The molecule has 0 radical (unpaired) electrons. The van der Waals surface area contributed by atoms with Gasteiger partial charge in [-0.2, -0.15) is 26.3 Å². The first-order valence-corrected chi connectivity index (χ1v) is 11.7. The van der Waals surface area contributed by atoms with Gasteiger partial charge in [-0.3, -0.25) is 9.78 Å². The number of aromatic nitrogens is 1. The molecule has 38 heavy (non-hydrogen) atoms. The monoisotopic (exact) mass is 556 g/mol. The van der Waals surface area contributed by atoms with Crippen LogP contribution in [0.2, 0.25) is 0 Å². The summed E-state index contributed by atoms with van der Waals surface area (Å²) >= 11 is 5.05. The van der Waals surface area contributed by atoms with E-state index in [0.717, 1.165) is 12.8 Å². The molecular weight excluding hydrogens is 534 g/mol. The lowest BCUT2D eigenvalue weighted by Crippen LogP contribution is -2.25. The number of nitrogens with one attached hydrogen (secondary N) is 3. The molecule has 202 valence electrons. The van der Waals surface area contributed by atoms with Crippen LogP contribution in [0, 0.1) is 0 Å². The predicted octanol–water partition coefficient (Wildman–Crippen LogP) is 7.25. The van der Waals surface area contributed by atoms with Crippen LogP contribution in [0.1, 0.15) is 41.4 Å². The normalized spacial score (nSPS) is 11.6. The maximum absolute atomic E-state index is 13.1. The lowest BCUT2D eigenvalue weighted by molar-refractivity contribution is -0.143. The van der Waals surface area contributed by atoms with Crippen LogP contribution in [-0.2, 0) is 12.4 Å². The van der Waals surface area contributed by atoms with Crippen molar-refractivity contribution in [2.24, 2.45) is 0 Å². The number of ether oxygens (including phenoxy) is 1. The van der Waals surface area contributed by atoms with Crippen molar-refractivity contribution >= 4 is 34.6 Å². The lowest BCUT2D eigenvalue weighted by atomic mass is 10.1. The summed E-state index contributed by atoms with van der Waals surface area (Å²) < 4.78 is 84.1. The third-order valence-electron chi connectivity index (χ3n) is 4.97. The minimum Gasteiger partial charge on any atom is -0.457 e. The molecule has 0 bridgehead atoms. The standard InChI is InChI=1S/C25H22F6N4O2S/c1-2-3-9-33-22(36)21-14-20(8-10-32-21)37-19-6-4-17(5-7-19)34-23(38)35-18-12-15(24(26,27)28)11-16(13-18)25(29,30)31/h4-8,10-14H,2-3,9H2,1H3,(H,33,36)(H2,34,35,38). The number of thiocarbonyl (C=S) groups is 1. The third kappa shape index (κ3) is 8.33. The molecule has 13 heteroatoms. The third-order valence-corrected chi connectivity index (χ3v) is 5.18. The molecule has 0 saturated heterocycles. The first-order chi connectivity index (χ1) is 17.8. The van der Waals surface area contributed by atoms with E-state index in [1.54, 1.807) is 18.2 Å². The molecule has 0 spiro atoms. The highest BCUT2D eigenvalue weighted by atomic mass is 32.1. The highest BCUT2D eigenvalue weighted by Gasteiger charge is 2.37. The number of amides is 1. The fourth-order valence-corrected chi connectivity index (χ4v) is 3.37. The highest BCUT2D eigenvalue weighted by molar-refractivity contribution is 7.80. The van der Waals surface area contributed by atoms with Crippen molar-refractivity contribution in [3.05, 3.63) is 77.6 Å². The van der Waals surface area contributed by atoms with E-state index in [2.05, 4.69) is 20.9 Å². The van der Waals surface area contributed by atoms with E-state index in [0.29, 0.717) is 35.9 Å². The zero-order valence-corrected chi connectivity index (χ0v) is 20.7. The zero-order chi connectivity index (χ0) is 27.9. The molecule has 0 unspecified atom stereocenters. The minimum atomic E-state index is -4.98. The Kier molecular flexibility index (Phi) is 9.15. The maximum atomic E-state index is 13.1. The summed E-state index contributed by atoms with van der Waals surface area (Å²) in [5, 5.41) is 7.57. The van der Waals surface area contributed by atoms with Crippen molar-refractivity contribution < 1.29 is 35.9 Å². The van der Waals surface area contributed by atoms with E-state index in [1.165, 1.54) is 24.4 Å². The SMILES string of the molecule is CCCCNC(=O)c1cc(Oc2ccc(NC(=S)Nc3cc(C(F)(F)F)cc(C(F)(F)F)c3)cc2)ccn1. The van der Waals surface area contributed by atoms with Gasteiger partial charge in [-0.25, -0.2) is 0 Å². The zero-order valence-electron chi connectivity index (χ0n) is 19.8. The van der Waals surface area contributed by atoms with Crippen LogP contribution < -0.4 is 20.7 Å². The van der Waals surface area contributed by atoms with E-state index in [-0.39, 0.29) is 22.8 Å². The van der Waals surface area contributed by atoms with Crippen LogP contribution in [0.5, 0.6) is 11.5 Å². The van der Waals surface area contributed by atoms with Gasteiger partial charge >= 0.3 is 12.4 Å². The van der Waals surface area contributed by atoms with Crippen LogP contribution in [0.25, 0.3) is 0 Å². The van der Waals surface area contributed by atoms with Crippen molar-refractivity contribution in [1.82, 2.24) is 10.3 Å². The molecule has 0 saturated carbocycles. The van der Waals surface area contributed by atoms with Gasteiger partial charge in [-0.1, -0.05) is 13.3 Å². The fourth-order valence-electron chi connectivity index (χ4n) is 3.13. The molecule has 3 rings (SSSR count). The van der Waals surface area contributed by atoms with Crippen molar-refractivity contribution in [2.75, 3.05) is 17.2 Å². The Balaban J connectivity index is 1.64. The number of pyridine rings is 1. The van der Waals surface area contributed by atoms with Crippen LogP contribution in [-0.4, -0.2) is 22.5 Å². The molecule has 6 nitrogen and oxygen atoms in total. The molecule has 1 heterocycles.